The van der Waals surface area contributed by atoms with Crippen LogP contribution in [0.2, 0.25) is 5.02 Å². The highest BCUT2D eigenvalue weighted by Gasteiger charge is 2.16. The Kier molecular flexibility index (Phi) is 4.43. The summed E-state index contributed by atoms with van der Waals surface area (Å²) < 4.78 is 1.84. The third kappa shape index (κ3) is 2.94. The first-order valence-electron chi connectivity index (χ1n) is 6.00. The number of hydrogen-bond acceptors (Lipinski definition) is 3. The van der Waals surface area contributed by atoms with Gasteiger partial charge < -0.3 is 5.32 Å². The number of rotatable bonds is 5. The Hall–Kier alpha value is -0.840. The lowest BCUT2D eigenvalue weighted by atomic mass is 10.1. The Labute approximate surface area is 117 Å². The number of halogens is 1. The topological polar surface area (TPSA) is 29.9 Å². The first-order chi connectivity index (χ1) is 8.61. The smallest absolute Gasteiger partial charge is 0.0590 e. The maximum atomic E-state index is 6.32. The van der Waals surface area contributed by atoms with Crippen molar-refractivity contribution in [2.45, 2.75) is 25.8 Å². The number of aryl methyl sites for hydroxylation is 3. The molecule has 0 aromatic carbocycles. The Morgan fingerprint density at radius 2 is 2.33 bits per heavy atom. The predicted molar refractivity (Wildman–Crippen MR) is 77.4 cm³/mol. The molecule has 98 valence electrons. The molecule has 0 radical (unpaired) electrons. The monoisotopic (exact) mass is 283 g/mol. The number of thiophene rings is 1. The first-order valence-corrected chi connectivity index (χ1v) is 7.26. The van der Waals surface area contributed by atoms with Crippen LogP contribution in [0.5, 0.6) is 0 Å². The van der Waals surface area contributed by atoms with Gasteiger partial charge in [0.05, 0.1) is 11.2 Å². The summed E-state index contributed by atoms with van der Waals surface area (Å²) >= 11 is 8.06. The van der Waals surface area contributed by atoms with Gasteiger partial charge >= 0.3 is 0 Å². The molecule has 1 unspecified atom stereocenters. The molecule has 0 saturated carbocycles. The van der Waals surface area contributed by atoms with Crippen molar-refractivity contribution >= 4 is 22.9 Å². The molecule has 0 aliphatic rings. The molecule has 0 bridgehead atoms. The van der Waals surface area contributed by atoms with E-state index in [2.05, 4.69) is 28.9 Å². The predicted octanol–water partition coefficient (Wildman–Crippen LogP) is 3.34. The molecule has 18 heavy (non-hydrogen) atoms. The lowest BCUT2D eigenvalue weighted by molar-refractivity contribution is 0.558. The molecule has 0 amide bonds. The highest BCUT2D eigenvalue weighted by Crippen LogP contribution is 2.34. The zero-order chi connectivity index (χ0) is 13.1. The highest BCUT2D eigenvalue weighted by atomic mass is 35.5. The van der Waals surface area contributed by atoms with Gasteiger partial charge in [0.15, 0.2) is 0 Å². The average molecular weight is 284 g/mol. The van der Waals surface area contributed by atoms with E-state index >= 15 is 0 Å². The minimum absolute atomic E-state index is 0.316. The van der Waals surface area contributed by atoms with Crippen LogP contribution in [0.3, 0.4) is 0 Å². The number of aromatic nitrogens is 2. The summed E-state index contributed by atoms with van der Waals surface area (Å²) in [6, 6.07) is 0.316. The van der Waals surface area contributed by atoms with Crippen molar-refractivity contribution in [2.75, 3.05) is 7.05 Å². The van der Waals surface area contributed by atoms with E-state index in [0.717, 1.165) is 17.9 Å². The van der Waals surface area contributed by atoms with Crippen LogP contribution in [-0.2, 0) is 13.5 Å². The zero-order valence-electron chi connectivity index (χ0n) is 10.9. The van der Waals surface area contributed by atoms with E-state index in [1.54, 1.807) is 11.3 Å². The summed E-state index contributed by atoms with van der Waals surface area (Å²) in [6.07, 6.45) is 6.02. The normalized spacial score (nSPS) is 12.9. The molecule has 0 fully saturated rings. The van der Waals surface area contributed by atoms with E-state index < -0.39 is 0 Å². The molecule has 0 saturated heterocycles. The van der Waals surface area contributed by atoms with Crippen molar-refractivity contribution < 1.29 is 0 Å². The average Bonchev–Trinajstić information content (AvgIpc) is 2.90. The van der Waals surface area contributed by atoms with E-state index in [1.165, 1.54) is 16.0 Å². The van der Waals surface area contributed by atoms with Crippen LogP contribution in [0.4, 0.5) is 0 Å². The minimum atomic E-state index is 0.316. The van der Waals surface area contributed by atoms with Crippen molar-refractivity contribution in [1.29, 1.82) is 0 Å². The Morgan fingerprint density at radius 3 is 2.83 bits per heavy atom. The van der Waals surface area contributed by atoms with Gasteiger partial charge in [-0.15, -0.1) is 11.3 Å². The van der Waals surface area contributed by atoms with Gasteiger partial charge in [0, 0.05) is 24.2 Å². The molecule has 5 heteroatoms. The molecule has 2 heterocycles. The molecule has 2 rings (SSSR count). The van der Waals surface area contributed by atoms with E-state index in [0.29, 0.717) is 6.04 Å². The summed E-state index contributed by atoms with van der Waals surface area (Å²) in [5, 5.41) is 10.6. The van der Waals surface area contributed by atoms with Crippen LogP contribution in [0.25, 0.3) is 0 Å². The van der Waals surface area contributed by atoms with Gasteiger partial charge in [0.2, 0.25) is 0 Å². The summed E-state index contributed by atoms with van der Waals surface area (Å²) in [5.74, 6) is 0. The minimum Gasteiger partial charge on any atom is -0.312 e. The van der Waals surface area contributed by atoms with Gasteiger partial charge in [-0.05, 0) is 43.3 Å². The summed E-state index contributed by atoms with van der Waals surface area (Å²) in [4.78, 5) is 1.24. The highest BCUT2D eigenvalue weighted by molar-refractivity contribution is 7.10. The second kappa shape index (κ2) is 5.87. The largest absolute Gasteiger partial charge is 0.312 e. The maximum absolute atomic E-state index is 6.32. The van der Waals surface area contributed by atoms with Gasteiger partial charge in [-0.25, -0.2) is 0 Å². The fourth-order valence-electron chi connectivity index (χ4n) is 2.00. The summed E-state index contributed by atoms with van der Waals surface area (Å²) in [7, 11) is 3.93. The van der Waals surface area contributed by atoms with Crippen LogP contribution in [0.15, 0.2) is 17.8 Å². The molecule has 1 N–H and O–H groups in total. The fourth-order valence-corrected chi connectivity index (χ4v) is 3.47. The molecule has 3 nitrogen and oxygen atoms in total. The van der Waals surface area contributed by atoms with E-state index in [-0.39, 0.29) is 0 Å². The van der Waals surface area contributed by atoms with E-state index in [1.807, 2.05) is 25.0 Å². The molecular formula is C13H18ClN3S. The SMILES string of the molecule is CNC(CCc1cnn(C)c1)c1scc(C)c1Cl. The van der Waals surface area contributed by atoms with Gasteiger partial charge in [-0.3, -0.25) is 4.68 Å². The third-order valence-electron chi connectivity index (χ3n) is 3.07. The molecule has 2 aromatic rings. The molecular weight excluding hydrogens is 266 g/mol. The quantitative estimate of drug-likeness (QED) is 0.912. The van der Waals surface area contributed by atoms with E-state index in [4.69, 9.17) is 11.6 Å². The third-order valence-corrected chi connectivity index (χ3v) is 4.90. The second-order valence-corrected chi connectivity index (χ2v) is 5.79. The maximum Gasteiger partial charge on any atom is 0.0590 e. The van der Waals surface area contributed by atoms with Crippen molar-refractivity contribution in [1.82, 2.24) is 15.1 Å². The van der Waals surface area contributed by atoms with Gasteiger partial charge in [0.25, 0.3) is 0 Å². The van der Waals surface area contributed by atoms with Crippen LogP contribution in [0, 0.1) is 6.92 Å². The van der Waals surface area contributed by atoms with Crippen molar-refractivity contribution in [2.24, 2.45) is 7.05 Å². The lowest BCUT2D eigenvalue weighted by Crippen LogP contribution is -2.16. The van der Waals surface area contributed by atoms with Gasteiger partial charge in [0.1, 0.15) is 0 Å². The molecule has 0 aliphatic carbocycles. The molecule has 1 atom stereocenters. The fraction of sp³-hybridized carbons (Fsp3) is 0.462. The van der Waals surface area contributed by atoms with Crippen LogP contribution in [0.1, 0.15) is 28.5 Å². The van der Waals surface area contributed by atoms with Gasteiger partial charge in [-0.2, -0.15) is 5.10 Å². The number of hydrogen-bond donors (Lipinski definition) is 1. The molecule has 2 aromatic heterocycles. The first kappa shape index (κ1) is 13.6. The Bertz CT molecular complexity index is 518. The number of nitrogens with one attached hydrogen (secondary N) is 1. The Morgan fingerprint density at radius 1 is 1.56 bits per heavy atom. The van der Waals surface area contributed by atoms with Gasteiger partial charge in [-0.1, -0.05) is 11.6 Å². The van der Waals surface area contributed by atoms with Crippen molar-refractivity contribution in [3.63, 3.8) is 0 Å². The number of nitrogens with zero attached hydrogens (tertiary/aromatic N) is 2. The summed E-state index contributed by atoms with van der Waals surface area (Å²) in [6.45, 7) is 2.05. The zero-order valence-corrected chi connectivity index (χ0v) is 12.5. The van der Waals surface area contributed by atoms with Crippen LogP contribution in [-0.4, -0.2) is 16.8 Å². The Balaban J connectivity index is 2.04. The van der Waals surface area contributed by atoms with Crippen molar-refractivity contribution in [3.8, 4) is 0 Å². The molecule has 0 spiro atoms. The lowest BCUT2D eigenvalue weighted by Gasteiger charge is -2.14. The standard InChI is InChI=1S/C13H18ClN3S/c1-9-8-18-13(12(9)14)11(15-2)5-4-10-6-16-17(3)7-10/h6-8,11,15H,4-5H2,1-3H3. The molecule has 0 aliphatic heterocycles. The van der Waals surface area contributed by atoms with Crippen LogP contribution >= 0.6 is 22.9 Å². The summed E-state index contributed by atoms with van der Waals surface area (Å²) in [5.41, 5.74) is 2.43. The van der Waals surface area contributed by atoms with E-state index in [9.17, 15) is 0 Å². The van der Waals surface area contributed by atoms with Crippen LogP contribution < -0.4 is 5.32 Å². The van der Waals surface area contributed by atoms with Crippen molar-refractivity contribution in [3.05, 3.63) is 38.8 Å². The second-order valence-electron chi connectivity index (χ2n) is 4.50.